The lowest BCUT2D eigenvalue weighted by atomic mass is 10.1. The van der Waals surface area contributed by atoms with Gasteiger partial charge in [0.25, 0.3) is 10.0 Å². The van der Waals surface area contributed by atoms with Gasteiger partial charge < -0.3 is 10.2 Å². The molecule has 1 N–H and O–H groups in total. The Morgan fingerprint density at radius 3 is 2.22 bits per heavy atom. The summed E-state index contributed by atoms with van der Waals surface area (Å²) in [6.07, 6.45) is 0. The summed E-state index contributed by atoms with van der Waals surface area (Å²) in [7, 11) is -2.61. The third-order valence-corrected chi connectivity index (χ3v) is 8.09. The second-order valence-corrected chi connectivity index (χ2v) is 10.8. The molecule has 7 nitrogen and oxygen atoms in total. The average Bonchev–Trinajstić information content (AvgIpc) is 2.86. The summed E-state index contributed by atoms with van der Waals surface area (Å²) < 4.78 is 28.6. The average molecular weight is 528 g/mol. The minimum absolute atomic E-state index is 0.0409. The fourth-order valence-corrected chi connectivity index (χ4v) is 5.62. The molecule has 0 aromatic heterocycles. The number of aryl methyl sites for hydroxylation is 2. The lowest BCUT2D eigenvalue weighted by molar-refractivity contribution is -0.139. The van der Waals surface area contributed by atoms with Crippen molar-refractivity contribution < 1.29 is 18.0 Å². The number of nitrogens with zero attached hydrogens (tertiary/aromatic N) is 2. The maximum absolute atomic E-state index is 13.8. The van der Waals surface area contributed by atoms with Crippen LogP contribution >= 0.6 is 11.6 Å². The SMILES string of the molecule is CNC(=O)[C@@H](C)N(Cc1ccccc1Cl)C(=O)CN(c1ccc(C)cc1C)S(=O)(=O)c1ccccc1. The molecule has 0 aliphatic heterocycles. The quantitative estimate of drug-likeness (QED) is 0.449. The summed E-state index contributed by atoms with van der Waals surface area (Å²) in [5.74, 6) is -0.912. The highest BCUT2D eigenvalue weighted by atomic mass is 35.5. The number of carbonyl (C=O) groups is 2. The molecule has 0 unspecified atom stereocenters. The first-order valence-corrected chi connectivity index (χ1v) is 13.3. The van der Waals surface area contributed by atoms with Crippen LogP contribution in [0.3, 0.4) is 0 Å². The number of anilines is 1. The van der Waals surface area contributed by atoms with E-state index in [1.54, 1.807) is 68.4 Å². The van der Waals surface area contributed by atoms with E-state index in [4.69, 9.17) is 11.6 Å². The number of benzene rings is 3. The van der Waals surface area contributed by atoms with Crippen molar-refractivity contribution in [1.29, 1.82) is 0 Å². The Labute approximate surface area is 217 Å². The number of sulfonamides is 1. The van der Waals surface area contributed by atoms with Crippen LogP contribution in [0.25, 0.3) is 0 Å². The smallest absolute Gasteiger partial charge is 0.264 e. The Hall–Kier alpha value is -3.36. The van der Waals surface area contributed by atoms with Gasteiger partial charge in [-0.3, -0.25) is 13.9 Å². The first kappa shape index (κ1) is 27.2. The molecule has 0 radical (unpaired) electrons. The molecule has 190 valence electrons. The Kier molecular flexibility index (Phi) is 8.76. The van der Waals surface area contributed by atoms with E-state index in [-0.39, 0.29) is 17.3 Å². The van der Waals surface area contributed by atoms with Gasteiger partial charge in [0.15, 0.2) is 0 Å². The van der Waals surface area contributed by atoms with Crippen molar-refractivity contribution in [3.05, 3.63) is 94.5 Å². The molecule has 0 saturated carbocycles. The molecule has 0 saturated heterocycles. The highest BCUT2D eigenvalue weighted by Crippen LogP contribution is 2.28. The van der Waals surface area contributed by atoms with E-state index in [0.29, 0.717) is 21.8 Å². The fourth-order valence-electron chi connectivity index (χ4n) is 3.92. The topological polar surface area (TPSA) is 86.8 Å². The lowest BCUT2D eigenvalue weighted by Crippen LogP contribution is -2.50. The number of halogens is 1. The summed E-state index contributed by atoms with van der Waals surface area (Å²) in [5, 5.41) is 3.01. The van der Waals surface area contributed by atoms with Gasteiger partial charge in [-0.25, -0.2) is 8.42 Å². The van der Waals surface area contributed by atoms with Crippen LogP contribution < -0.4 is 9.62 Å². The Bertz CT molecular complexity index is 1350. The molecular weight excluding hydrogens is 498 g/mol. The van der Waals surface area contributed by atoms with Gasteiger partial charge in [0.2, 0.25) is 11.8 Å². The number of hydrogen-bond acceptors (Lipinski definition) is 4. The second-order valence-electron chi connectivity index (χ2n) is 8.52. The highest BCUT2D eigenvalue weighted by molar-refractivity contribution is 7.92. The monoisotopic (exact) mass is 527 g/mol. The summed E-state index contributed by atoms with van der Waals surface area (Å²) in [5.41, 5.74) is 2.71. The Balaban J connectivity index is 2.07. The second kappa shape index (κ2) is 11.6. The zero-order chi connectivity index (χ0) is 26.5. The standard InChI is InChI=1S/C27H30ClN3O4S/c1-19-14-15-25(20(2)16-19)31(36(34,35)23-11-6-5-7-12-23)18-26(32)30(21(3)27(33)29-4)17-22-10-8-9-13-24(22)28/h5-16,21H,17-18H2,1-4H3,(H,29,33)/t21-/m1/s1. The van der Waals surface area contributed by atoms with Gasteiger partial charge in [-0.15, -0.1) is 0 Å². The van der Waals surface area contributed by atoms with Gasteiger partial charge in [-0.1, -0.05) is 65.7 Å². The number of hydrogen-bond donors (Lipinski definition) is 1. The maximum Gasteiger partial charge on any atom is 0.264 e. The van der Waals surface area contributed by atoms with Crippen molar-refractivity contribution in [2.75, 3.05) is 17.9 Å². The highest BCUT2D eigenvalue weighted by Gasteiger charge is 2.33. The summed E-state index contributed by atoms with van der Waals surface area (Å²) in [6.45, 7) is 4.86. The van der Waals surface area contributed by atoms with Crippen LogP contribution in [-0.4, -0.2) is 44.8 Å². The fraction of sp³-hybridized carbons (Fsp3) is 0.259. The van der Waals surface area contributed by atoms with Gasteiger partial charge in [-0.05, 0) is 56.2 Å². The van der Waals surface area contributed by atoms with Crippen molar-refractivity contribution in [3.8, 4) is 0 Å². The Morgan fingerprint density at radius 2 is 1.61 bits per heavy atom. The van der Waals surface area contributed by atoms with Gasteiger partial charge in [0, 0.05) is 18.6 Å². The number of amides is 2. The number of rotatable bonds is 9. The molecule has 3 rings (SSSR count). The molecule has 2 amide bonds. The van der Waals surface area contributed by atoms with E-state index >= 15 is 0 Å². The van der Waals surface area contributed by atoms with Crippen molar-refractivity contribution in [2.24, 2.45) is 0 Å². The molecule has 0 aliphatic carbocycles. The van der Waals surface area contributed by atoms with Crippen molar-refractivity contribution >= 4 is 39.1 Å². The largest absolute Gasteiger partial charge is 0.357 e. The van der Waals surface area contributed by atoms with Gasteiger partial charge in [-0.2, -0.15) is 0 Å². The zero-order valence-corrected chi connectivity index (χ0v) is 22.3. The predicted molar refractivity (Wildman–Crippen MR) is 142 cm³/mol. The van der Waals surface area contributed by atoms with Crippen molar-refractivity contribution in [2.45, 2.75) is 38.3 Å². The van der Waals surface area contributed by atoms with Crippen molar-refractivity contribution in [3.63, 3.8) is 0 Å². The number of carbonyl (C=O) groups excluding carboxylic acids is 2. The maximum atomic E-state index is 13.8. The lowest BCUT2D eigenvalue weighted by Gasteiger charge is -2.32. The summed E-state index contributed by atoms with van der Waals surface area (Å²) in [4.78, 5) is 27.7. The molecule has 1 atom stereocenters. The molecule has 3 aromatic carbocycles. The van der Waals surface area contributed by atoms with Crippen molar-refractivity contribution in [1.82, 2.24) is 10.2 Å². The molecule has 0 aliphatic rings. The van der Waals surface area contributed by atoms with E-state index < -0.39 is 28.5 Å². The third-order valence-electron chi connectivity index (χ3n) is 5.94. The molecule has 0 spiro atoms. The van der Waals surface area contributed by atoms with Gasteiger partial charge >= 0.3 is 0 Å². The minimum Gasteiger partial charge on any atom is -0.357 e. The van der Waals surface area contributed by atoms with Crippen LogP contribution in [0.5, 0.6) is 0 Å². The third kappa shape index (κ3) is 6.06. The van der Waals surface area contributed by atoms with Crippen LogP contribution in [0, 0.1) is 13.8 Å². The summed E-state index contributed by atoms with van der Waals surface area (Å²) >= 11 is 6.34. The summed E-state index contributed by atoms with van der Waals surface area (Å²) in [6, 6.07) is 19.5. The van der Waals surface area contributed by atoms with E-state index in [9.17, 15) is 18.0 Å². The van der Waals surface area contributed by atoms with Crippen LogP contribution in [0.4, 0.5) is 5.69 Å². The van der Waals surface area contributed by atoms with Crippen LogP contribution in [-0.2, 0) is 26.2 Å². The molecule has 0 bridgehead atoms. The first-order valence-electron chi connectivity index (χ1n) is 11.5. The predicted octanol–water partition coefficient (Wildman–Crippen LogP) is 4.32. The minimum atomic E-state index is -4.09. The molecule has 3 aromatic rings. The molecule has 36 heavy (non-hydrogen) atoms. The van der Waals surface area contributed by atoms with Gasteiger partial charge in [0.05, 0.1) is 10.6 Å². The van der Waals surface area contributed by atoms with E-state index in [1.165, 1.54) is 24.1 Å². The first-order chi connectivity index (χ1) is 17.1. The molecular formula is C27H30ClN3O4S. The van der Waals surface area contributed by atoms with E-state index in [0.717, 1.165) is 9.87 Å². The molecule has 0 fully saturated rings. The van der Waals surface area contributed by atoms with E-state index in [2.05, 4.69) is 5.32 Å². The Morgan fingerprint density at radius 1 is 0.972 bits per heavy atom. The van der Waals surface area contributed by atoms with Crippen LogP contribution in [0.1, 0.15) is 23.6 Å². The van der Waals surface area contributed by atoms with Gasteiger partial charge in [0.1, 0.15) is 12.6 Å². The molecule has 0 heterocycles. The molecule has 9 heteroatoms. The normalized spacial score (nSPS) is 12.0. The number of likely N-dealkylation sites (N-methyl/N-ethyl adjacent to an activating group) is 1. The number of nitrogens with one attached hydrogen (secondary N) is 1. The van der Waals surface area contributed by atoms with E-state index in [1.807, 2.05) is 13.0 Å². The van der Waals surface area contributed by atoms with Crippen LogP contribution in [0.2, 0.25) is 5.02 Å². The van der Waals surface area contributed by atoms with Crippen LogP contribution in [0.15, 0.2) is 77.7 Å². The zero-order valence-electron chi connectivity index (χ0n) is 20.7.